The van der Waals surface area contributed by atoms with Crippen LogP contribution in [-0.4, -0.2) is 47.3 Å². The molecular formula is C19H28FN3O2. The van der Waals surface area contributed by atoms with Gasteiger partial charge in [-0.2, -0.15) is 0 Å². The van der Waals surface area contributed by atoms with Crippen molar-refractivity contribution in [2.24, 2.45) is 0 Å². The van der Waals surface area contributed by atoms with E-state index < -0.39 is 5.82 Å². The molecule has 6 heteroatoms. The first-order chi connectivity index (χ1) is 12.0. The molecule has 5 nitrogen and oxygen atoms in total. The van der Waals surface area contributed by atoms with E-state index in [-0.39, 0.29) is 29.9 Å². The highest BCUT2D eigenvalue weighted by molar-refractivity contribution is 5.90. The van der Waals surface area contributed by atoms with Crippen molar-refractivity contribution in [2.75, 3.05) is 18.4 Å². The van der Waals surface area contributed by atoms with E-state index >= 15 is 0 Å². The number of aryl methyl sites for hydroxylation is 1. The summed E-state index contributed by atoms with van der Waals surface area (Å²) < 4.78 is 13.8. The minimum absolute atomic E-state index is 0.0871. The van der Waals surface area contributed by atoms with Crippen LogP contribution in [0.15, 0.2) is 18.2 Å². The molecule has 0 radical (unpaired) electrons. The number of likely N-dealkylation sites (tertiary alicyclic amines) is 1. The van der Waals surface area contributed by atoms with Crippen molar-refractivity contribution in [1.82, 2.24) is 10.2 Å². The third-order valence-corrected chi connectivity index (χ3v) is 5.49. The number of piperidine rings is 1. The molecule has 0 bridgehead atoms. The predicted molar refractivity (Wildman–Crippen MR) is 96.1 cm³/mol. The number of aliphatic hydroxyl groups excluding tert-OH is 1. The molecule has 2 fully saturated rings. The molecule has 1 heterocycles. The molecule has 2 aliphatic rings. The zero-order valence-electron chi connectivity index (χ0n) is 14.8. The summed E-state index contributed by atoms with van der Waals surface area (Å²) in [5.74, 6) is -0.420. The molecule has 25 heavy (non-hydrogen) atoms. The Labute approximate surface area is 148 Å². The number of anilines is 1. The number of benzene rings is 1. The van der Waals surface area contributed by atoms with Gasteiger partial charge in [-0.3, -0.25) is 4.90 Å². The Hall–Kier alpha value is -1.66. The number of rotatable bonds is 3. The van der Waals surface area contributed by atoms with Gasteiger partial charge in [0.25, 0.3) is 0 Å². The van der Waals surface area contributed by atoms with Crippen molar-refractivity contribution >= 4 is 11.7 Å². The first-order valence-electron chi connectivity index (χ1n) is 9.29. The molecule has 138 valence electrons. The Bertz CT molecular complexity index is 582. The lowest BCUT2D eigenvalue weighted by molar-refractivity contribution is 0.00786. The van der Waals surface area contributed by atoms with Crippen LogP contribution in [-0.2, 0) is 0 Å². The van der Waals surface area contributed by atoms with Gasteiger partial charge in [-0.15, -0.1) is 0 Å². The number of halogens is 1. The van der Waals surface area contributed by atoms with E-state index in [1.54, 1.807) is 19.1 Å². The number of aliphatic hydroxyl groups is 1. The second-order valence-corrected chi connectivity index (χ2v) is 7.26. The van der Waals surface area contributed by atoms with Gasteiger partial charge in [0, 0.05) is 25.2 Å². The van der Waals surface area contributed by atoms with Crippen molar-refractivity contribution < 1.29 is 14.3 Å². The standard InChI is InChI=1S/C19H28FN3O2/c1-13-5-4-6-15(20)18(13)22-19(25)21-14-9-11-23(12-10-14)16-7-2-3-8-17(16)24/h4-6,14,16-17,24H,2-3,7-12H2,1H3,(H2,21,22,25)/t16-,17-/m0/s1. The van der Waals surface area contributed by atoms with Gasteiger partial charge >= 0.3 is 6.03 Å². The Kier molecular flexibility index (Phi) is 5.91. The molecule has 3 N–H and O–H groups in total. The number of nitrogens with one attached hydrogen (secondary N) is 2. The van der Waals surface area contributed by atoms with E-state index in [1.165, 1.54) is 12.5 Å². The third-order valence-electron chi connectivity index (χ3n) is 5.49. The number of hydrogen-bond acceptors (Lipinski definition) is 3. The number of hydrogen-bond donors (Lipinski definition) is 3. The van der Waals surface area contributed by atoms with Crippen LogP contribution >= 0.6 is 0 Å². The third kappa shape index (κ3) is 4.50. The van der Waals surface area contributed by atoms with Gasteiger partial charge in [0.2, 0.25) is 0 Å². The number of nitrogens with zero attached hydrogens (tertiary/aromatic N) is 1. The minimum Gasteiger partial charge on any atom is -0.391 e. The van der Waals surface area contributed by atoms with Crippen molar-refractivity contribution in [3.8, 4) is 0 Å². The molecule has 0 spiro atoms. The van der Waals surface area contributed by atoms with Crippen LogP contribution in [0, 0.1) is 12.7 Å². The Morgan fingerprint density at radius 3 is 2.60 bits per heavy atom. The molecule has 1 aliphatic heterocycles. The second kappa shape index (κ2) is 8.15. The van der Waals surface area contributed by atoms with Gasteiger partial charge in [-0.05, 0) is 44.2 Å². The number of para-hydroxylation sites is 1. The topological polar surface area (TPSA) is 64.6 Å². The molecule has 2 amide bonds. The summed E-state index contributed by atoms with van der Waals surface area (Å²) in [6.45, 7) is 3.53. The number of carbonyl (C=O) groups excluding carboxylic acids is 1. The molecule has 1 aromatic carbocycles. The van der Waals surface area contributed by atoms with Crippen LogP contribution in [0.5, 0.6) is 0 Å². The van der Waals surface area contributed by atoms with Crippen LogP contribution < -0.4 is 10.6 Å². The molecule has 0 unspecified atom stereocenters. The summed E-state index contributed by atoms with van der Waals surface area (Å²) in [5.41, 5.74) is 0.944. The number of amides is 2. The second-order valence-electron chi connectivity index (χ2n) is 7.26. The fraction of sp³-hybridized carbons (Fsp3) is 0.632. The smallest absolute Gasteiger partial charge is 0.319 e. The Morgan fingerprint density at radius 1 is 1.20 bits per heavy atom. The molecule has 1 aromatic rings. The molecule has 1 saturated heterocycles. The average molecular weight is 349 g/mol. The van der Waals surface area contributed by atoms with Crippen molar-refractivity contribution in [2.45, 2.75) is 63.6 Å². The maximum atomic E-state index is 13.8. The maximum absolute atomic E-state index is 13.8. The predicted octanol–water partition coefficient (Wildman–Crippen LogP) is 3.02. The monoisotopic (exact) mass is 349 g/mol. The summed E-state index contributed by atoms with van der Waals surface area (Å²) in [6, 6.07) is 4.74. The van der Waals surface area contributed by atoms with Gasteiger partial charge in [0.05, 0.1) is 11.8 Å². The van der Waals surface area contributed by atoms with Crippen molar-refractivity contribution in [3.05, 3.63) is 29.6 Å². The summed E-state index contributed by atoms with van der Waals surface area (Å²) in [7, 11) is 0. The quantitative estimate of drug-likeness (QED) is 0.786. The molecule has 3 rings (SSSR count). The summed E-state index contributed by atoms with van der Waals surface area (Å²) >= 11 is 0. The fourth-order valence-electron chi connectivity index (χ4n) is 4.02. The normalized spacial score (nSPS) is 25.6. The van der Waals surface area contributed by atoms with Gasteiger partial charge in [0.15, 0.2) is 0 Å². The van der Waals surface area contributed by atoms with Crippen LogP contribution in [0.2, 0.25) is 0 Å². The van der Waals surface area contributed by atoms with Crippen LogP contribution in [0.25, 0.3) is 0 Å². The molecule has 1 saturated carbocycles. The Morgan fingerprint density at radius 2 is 1.92 bits per heavy atom. The zero-order chi connectivity index (χ0) is 17.8. The summed E-state index contributed by atoms with van der Waals surface area (Å²) in [4.78, 5) is 14.5. The lowest BCUT2D eigenvalue weighted by Gasteiger charge is -2.41. The molecule has 2 atom stereocenters. The van der Waals surface area contributed by atoms with Crippen LogP contribution in [0.4, 0.5) is 14.9 Å². The first kappa shape index (κ1) is 18.1. The lowest BCUT2D eigenvalue weighted by Crippen LogP contribution is -2.52. The first-order valence-corrected chi connectivity index (χ1v) is 9.29. The van der Waals surface area contributed by atoms with E-state index in [2.05, 4.69) is 15.5 Å². The van der Waals surface area contributed by atoms with Crippen LogP contribution in [0.1, 0.15) is 44.1 Å². The van der Waals surface area contributed by atoms with Gasteiger partial charge < -0.3 is 15.7 Å². The summed E-state index contributed by atoms with van der Waals surface area (Å²) in [5, 5.41) is 15.8. The van der Waals surface area contributed by atoms with E-state index in [9.17, 15) is 14.3 Å². The van der Waals surface area contributed by atoms with Crippen LogP contribution in [0.3, 0.4) is 0 Å². The number of urea groups is 1. The van der Waals surface area contributed by atoms with Gasteiger partial charge in [-0.1, -0.05) is 25.0 Å². The highest BCUT2D eigenvalue weighted by Gasteiger charge is 2.31. The minimum atomic E-state index is -0.420. The maximum Gasteiger partial charge on any atom is 0.319 e. The lowest BCUT2D eigenvalue weighted by atomic mass is 9.89. The van der Waals surface area contributed by atoms with Gasteiger partial charge in [-0.25, -0.2) is 9.18 Å². The molecular weight excluding hydrogens is 321 g/mol. The highest BCUT2D eigenvalue weighted by Crippen LogP contribution is 2.26. The zero-order valence-corrected chi connectivity index (χ0v) is 14.8. The van der Waals surface area contributed by atoms with Crippen molar-refractivity contribution in [3.63, 3.8) is 0 Å². The van der Waals surface area contributed by atoms with E-state index in [1.807, 2.05) is 0 Å². The largest absolute Gasteiger partial charge is 0.391 e. The van der Waals surface area contributed by atoms with Crippen molar-refractivity contribution in [1.29, 1.82) is 0 Å². The fourth-order valence-corrected chi connectivity index (χ4v) is 4.02. The summed E-state index contributed by atoms with van der Waals surface area (Å²) in [6.07, 6.45) is 5.75. The number of carbonyl (C=O) groups is 1. The highest BCUT2D eigenvalue weighted by atomic mass is 19.1. The Balaban J connectivity index is 1.48. The average Bonchev–Trinajstić information content (AvgIpc) is 2.60. The molecule has 0 aromatic heterocycles. The van der Waals surface area contributed by atoms with E-state index in [0.29, 0.717) is 5.56 Å². The van der Waals surface area contributed by atoms with E-state index in [4.69, 9.17) is 0 Å². The van der Waals surface area contributed by atoms with Gasteiger partial charge in [0.1, 0.15) is 5.82 Å². The molecule has 1 aliphatic carbocycles. The SMILES string of the molecule is Cc1cccc(F)c1NC(=O)NC1CCN([C@H]2CCCC[C@@H]2O)CC1. The van der Waals surface area contributed by atoms with E-state index in [0.717, 1.165) is 45.2 Å².